The van der Waals surface area contributed by atoms with E-state index in [2.05, 4.69) is 0 Å². The van der Waals surface area contributed by atoms with E-state index in [1.165, 1.54) is 9.80 Å². The van der Waals surface area contributed by atoms with Crippen LogP contribution < -0.4 is 0 Å². The average molecular weight is 545 g/mol. The predicted molar refractivity (Wildman–Crippen MR) is 147 cm³/mol. The van der Waals surface area contributed by atoms with Crippen LogP contribution in [-0.4, -0.2) is 46.5 Å². The lowest BCUT2D eigenvalue weighted by Crippen LogP contribution is -2.41. The van der Waals surface area contributed by atoms with Crippen molar-refractivity contribution in [2.45, 2.75) is 25.7 Å². The van der Waals surface area contributed by atoms with Gasteiger partial charge in [-0.25, -0.2) is 0 Å². The molecule has 2 aliphatic rings. The van der Waals surface area contributed by atoms with Crippen molar-refractivity contribution in [3.63, 3.8) is 0 Å². The monoisotopic (exact) mass is 544 g/mol. The molecule has 2 aliphatic heterocycles. The molecule has 0 spiro atoms. The fourth-order valence-corrected chi connectivity index (χ4v) is 5.96. The van der Waals surface area contributed by atoms with Crippen LogP contribution >= 0.6 is 23.2 Å². The third-order valence-electron chi connectivity index (χ3n) is 7.39. The summed E-state index contributed by atoms with van der Waals surface area (Å²) in [5.74, 6) is -1.25. The van der Waals surface area contributed by atoms with Gasteiger partial charge in [0.25, 0.3) is 23.6 Å². The van der Waals surface area contributed by atoms with Crippen LogP contribution in [0.15, 0.2) is 60.7 Å². The summed E-state index contributed by atoms with van der Waals surface area (Å²) in [5, 5.41) is 3.64. The molecule has 6 nitrogen and oxygen atoms in total. The van der Waals surface area contributed by atoms with Gasteiger partial charge in [-0.3, -0.25) is 29.0 Å². The smallest absolute Gasteiger partial charge is 0.261 e. The first-order valence-electron chi connectivity index (χ1n) is 12.5. The molecule has 2 heterocycles. The first-order valence-corrected chi connectivity index (χ1v) is 13.3. The van der Waals surface area contributed by atoms with Crippen molar-refractivity contribution in [3.05, 3.63) is 93.0 Å². The van der Waals surface area contributed by atoms with Gasteiger partial charge in [-0.2, -0.15) is 0 Å². The number of nitrogens with zero attached hydrogens (tertiary/aromatic N) is 2. The van der Waals surface area contributed by atoms with Crippen LogP contribution in [0.3, 0.4) is 0 Å². The van der Waals surface area contributed by atoms with E-state index in [0.29, 0.717) is 79.8 Å². The molecule has 0 saturated carbocycles. The molecule has 4 aromatic rings. The van der Waals surface area contributed by atoms with Gasteiger partial charge in [-0.05, 0) is 49.2 Å². The highest BCUT2D eigenvalue weighted by atomic mass is 35.5. The fourth-order valence-electron chi connectivity index (χ4n) is 5.52. The van der Waals surface area contributed by atoms with Gasteiger partial charge in [0.2, 0.25) is 0 Å². The summed E-state index contributed by atoms with van der Waals surface area (Å²) in [5.41, 5.74) is 1.94. The molecular formula is C30H22Cl2N2O4. The van der Waals surface area contributed by atoms with Gasteiger partial charge in [-0.15, -0.1) is 0 Å². The fraction of sp³-hybridized carbons (Fsp3) is 0.200. The number of halogens is 2. The molecule has 0 radical (unpaired) electrons. The van der Waals surface area contributed by atoms with Crippen molar-refractivity contribution in [3.8, 4) is 0 Å². The van der Waals surface area contributed by atoms with Gasteiger partial charge in [0, 0.05) is 66.9 Å². The minimum absolute atomic E-state index is 0.299. The lowest BCUT2D eigenvalue weighted by molar-refractivity contribution is 0.0586. The number of imide groups is 2. The Balaban J connectivity index is 1.07. The molecule has 4 aromatic carbocycles. The Labute approximate surface area is 228 Å². The number of benzene rings is 4. The van der Waals surface area contributed by atoms with Crippen LogP contribution in [0.2, 0.25) is 10.0 Å². The Morgan fingerprint density at radius 3 is 1.24 bits per heavy atom. The zero-order valence-corrected chi connectivity index (χ0v) is 21.8. The summed E-state index contributed by atoms with van der Waals surface area (Å²) in [6.07, 6.45) is 2.73. The van der Waals surface area contributed by atoms with E-state index >= 15 is 0 Å². The standard InChI is InChI=1S/C30H22Cl2N2O4/c31-23-13-11-21-25-17(23)7-5-9-19(25)27(35)33(29(21)37)15-3-1-2-4-16-34-28(36)20-10-6-8-18-24(32)14-12-22(26(18)20)30(34)38/h5-14H,1-4,15-16H2. The topological polar surface area (TPSA) is 74.8 Å². The van der Waals surface area contributed by atoms with Crippen molar-refractivity contribution in [2.24, 2.45) is 0 Å². The second-order valence-corrected chi connectivity index (χ2v) is 10.4. The van der Waals surface area contributed by atoms with E-state index in [1.54, 1.807) is 48.5 Å². The molecule has 4 amide bonds. The second-order valence-electron chi connectivity index (χ2n) is 9.58. The summed E-state index contributed by atoms with van der Waals surface area (Å²) in [4.78, 5) is 55.0. The van der Waals surface area contributed by atoms with Crippen LogP contribution in [0.4, 0.5) is 0 Å². The molecule has 0 unspecified atom stereocenters. The van der Waals surface area contributed by atoms with E-state index in [-0.39, 0.29) is 23.6 Å². The number of hydrogen-bond acceptors (Lipinski definition) is 4. The maximum absolute atomic E-state index is 13.1. The predicted octanol–water partition coefficient (Wildman–Crippen LogP) is 6.75. The van der Waals surface area contributed by atoms with Crippen molar-refractivity contribution in [1.29, 1.82) is 0 Å². The van der Waals surface area contributed by atoms with Gasteiger partial charge in [0.15, 0.2) is 0 Å². The van der Waals surface area contributed by atoms with E-state index in [0.717, 1.165) is 12.8 Å². The summed E-state index contributed by atoms with van der Waals surface area (Å²) in [6, 6.07) is 17.3. The second kappa shape index (κ2) is 9.53. The number of carbonyl (C=O) groups excluding carboxylic acids is 4. The highest BCUT2D eigenvalue weighted by molar-refractivity contribution is 6.38. The third-order valence-corrected chi connectivity index (χ3v) is 8.05. The first-order chi connectivity index (χ1) is 18.4. The van der Waals surface area contributed by atoms with Crippen molar-refractivity contribution in [2.75, 3.05) is 13.1 Å². The highest BCUT2D eigenvalue weighted by Crippen LogP contribution is 2.35. The van der Waals surface area contributed by atoms with Crippen LogP contribution in [0.25, 0.3) is 21.5 Å². The number of rotatable bonds is 7. The van der Waals surface area contributed by atoms with E-state index in [1.807, 2.05) is 12.1 Å². The molecule has 0 bridgehead atoms. The Kier molecular flexibility index (Phi) is 6.17. The van der Waals surface area contributed by atoms with Gasteiger partial charge in [0.05, 0.1) is 0 Å². The lowest BCUT2D eigenvalue weighted by Gasteiger charge is -2.28. The molecule has 6 rings (SSSR count). The molecule has 190 valence electrons. The zero-order valence-electron chi connectivity index (χ0n) is 20.3. The Bertz CT molecular complexity index is 1530. The van der Waals surface area contributed by atoms with Crippen molar-refractivity contribution < 1.29 is 19.2 Å². The van der Waals surface area contributed by atoms with Gasteiger partial charge in [-0.1, -0.05) is 60.3 Å². The summed E-state index contributed by atoms with van der Waals surface area (Å²) in [6.45, 7) is 0.599. The average Bonchev–Trinajstić information content (AvgIpc) is 2.92. The van der Waals surface area contributed by atoms with Gasteiger partial charge in [0.1, 0.15) is 0 Å². The maximum Gasteiger partial charge on any atom is 0.261 e. The summed E-state index contributed by atoms with van der Waals surface area (Å²) >= 11 is 12.6. The quantitative estimate of drug-likeness (QED) is 0.190. The SMILES string of the molecule is O=C1c2cccc3c(Cl)ccc(c23)C(=O)N1CCCCCCN1C(=O)c2cccc3c(Cl)ccc(c23)C1=O. The normalized spacial score (nSPS) is 14.8. The van der Waals surface area contributed by atoms with Crippen molar-refractivity contribution >= 4 is 68.4 Å². The maximum atomic E-state index is 13.1. The van der Waals surface area contributed by atoms with Crippen LogP contribution in [0, 0.1) is 0 Å². The lowest BCUT2D eigenvalue weighted by atomic mass is 9.93. The Morgan fingerprint density at radius 2 is 0.842 bits per heavy atom. The summed E-state index contributed by atoms with van der Waals surface area (Å²) in [7, 11) is 0. The van der Waals surface area contributed by atoms with Gasteiger partial charge < -0.3 is 0 Å². The molecule has 0 aromatic heterocycles. The largest absolute Gasteiger partial charge is 0.274 e. The first kappa shape index (κ1) is 24.6. The minimum Gasteiger partial charge on any atom is -0.274 e. The summed E-state index contributed by atoms with van der Waals surface area (Å²) < 4.78 is 0. The Hall–Kier alpha value is -3.74. The van der Waals surface area contributed by atoms with Crippen molar-refractivity contribution in [1.82, 2.24) is 9.80 Å². The van der Waals surface area contributed by atoms with Crippen LogP contribution in [-0.2, 0) is 0 Å². The zero-order chi connectivity index (χ0) is 26.6. The molecule has 0 atom stereocenters. The third kappa shape index (κ3) is 3.79. The highest BCUT2D eigenvalue weighted by Gasteiger charge is 2.34. The molecule has 38 heavy (non-hydrogen) atoms. The number of hydrogen-bond donors (Lipinski definition) is 0. The number of amides is 4. The molecule has 8 heteroatoms. The molecule has 0 N–H and O–H groups in total. The molecule has 0 saturated heterocycles. The molecule has 0 fully saturated rings. The molecular weight excluding hydrogens is 523 g/mol. The molecule has 0 aliphatic carbocycles. The van der Waals surface area contributed by atoms with Crippen LogP contribution in [0.1, 0.15) is 67.1 Å². The van der Waals surface area contributed by atoms with Gasteiger partial charge >= 0.3 is 0 Å². The van der Waals surface area contributed by atoms with Crippen LogP contribution in [0.5, 0.6) is 0 Å². The minimum atomic E-state index is -0.312. The number of unbranched alkanes of at least 4 members (excludes halogenated alkanes) is 3. The van der Waals surface area contributed by atoms with E-state index in [9.17, 15) is 19.2 Å². The number of carbonyl (C=O) groups is 4. The van der Waals surface area contributed by atoms with E-state index < -0.39 is 0 Å². The Morgan fingerprint density at radius 1 is 0.474 bits per heavy atom. The van der Waals surface area contributed by atoms with E-state index in [4.69, 9.17) is 23.2 Å².